The molecule has 1 rings (SSSR count). The summed E-state index contributed by atoms with van der Waals surface area (Å²) in [5.74, 6) is 0.913. The molecule has 1 nitrogen and oxygen atoms in total. The summed E-state index contributed by atoms with van der Waals surface area (Å²) in [4.78, 5) is 0. The molecule has 0 saturated heterocycles. The monoisotopic (exact) mass is 142 g/mol. The summed E-state index contributed by atoms with van der Waals surface area (Å²) in [7, 11) is 1.00. The molecule has 1 aliphatic carbocycles. The third-order valence-electron chi connectivity index (χ3n) is 1.86. The number of hydrogen-bond acceptors (Lipinski definition) is 1. The van der Waals surface area contributed by atoms with Gasteiger partial charge in [-0.05, 0) is 25.2 Å². The van der Waals surface area contributed by atoms with E-state index in [2.05, 4.69) is 13.5 Å². The molecule has 0 unspecified atom stereocenters. The Kier molecular flexibility index (Phi) is 5.32. The maximum absolute atomic E-state index is 7.00. The fourth-order valence-corrected chi connectivity index (χ4v) is 1.40. The Balaban J connectivity index is 0.000000371. The van der Waals surface area contributed by atoms with E-state index in [-0.39, 0.29) is 0 Å². The predicted molar refractivity (Wildman–Crippen MR) is 44.9 cm³/mol. The Hall–Kier alpha value is -0.300. The summed E-state index contributed by atoms with van der Waals surface area (Å²) in [5, 5.41) is 7.00. The van der Waals surface area contributed by atoms with Gasteiger partial charge < -0.3 is 5.11 Å². The van der Waals surface area contributed by atoms with E-state index in [0.29, 0.717) is 0 Å². The van der Waals surface area contributed by atoms with Crippen LogP contribution in [0, 0.1) is 5.92 Å². The van der Waals surface area contributed by atoms with E-state index in [1.54, 1.807) is 0 Å². The van der Waals surface area contributed by atoms with Crippen LogP contribution in [0.25, 0.3) is 0 Å². The molecule has 1 fully saturated rings. The van der Waals surface area contributed by atoms with E-state index < -0.39 is 0 Å². The molecule has 1 atom stereocenters. The van der Waals surface area contributed by atoms with E-state index in [0.717, 1.165) is 13.0 Å². The van der Waals surface area contributed by atoms with Crippen molar-refractivity contribution in [2.75, 3.05) is 7.11 Å². The van der Waals surface area contributed by atoms with Crippen LogP contribution in [0.15, 0.2) is 12.2 Å². The molecule has 60 valence electrons. The second kappa shape index (κ2) is 5.48. The highest BCUT2D eigenvalue weighted by Gasteiger charge is 2.09. The van der Waals surface area contributed by atoms with Gasteiger partial charge in [-0.2, -0.15) is 0 Å². The largest absolute Gasteiger partial charge is 0.400 e. The SMILES string of the molecule is C=C1CCC[C@@H](C)C1.CO. The zero-order chi connectivity index (χ0) is 7.98. The van der Waals surface area contributed by atoms with E-state index in [4.69, 9.17) is 5.11 Å². The minimum atomic E-state index is 0.913. The van der Waals surface area contributed by atoms with Gasteiger partial charge in [0.15, 0.2) is 0 Å². The Morgan fingerprint density at radius 3 is 2.40 bits per heavy atom. The van der Waals surface area contributed by atoms with Gasteiger partial charge in [0.2, 0.25) is 0 Å². The Bertz CT molecular complexity index is 96.9. The molecule has 1 aliphatic rings. The highest BCUT2D eigenvalue weighted by Crippen LogP contribution is 2.25. The zero-order valence-electron chi connectivity index (χ0n) is 7.06. The van der Waals surface area contributed by atoms with E-state index >= 15 is 0 Å². The van der Waals surface area contributed by atoms with Crippen LogP contribution in [-0.2, 0) is 0 Å². The third kappa shape index (κ3) is 3.67. The number of hydrogen-bond donors (Lipinski definition) is 1. The molecule has 0 bridgehead atoms. The van der Waals surface area contributed by atoms with Crippen molar-refractivity contribution in [3.8, 4) is 0 Å². The van der Waals surface area contributed by atoms with Crippen LogP contribution in [-0.4, -0.2) is 12.2 Å². The second-order valence-corrected chi connectivity index (χ2v) is 2.95. The summed E-state index contributed by atoms with van der Waals surface area (Å²) in [6.45, 7) is 6.27. The number of allylic oxidation sites excluding steroid dienone is 1. The first-order chi connectivity index (χ1) is 4.79. The molecule has 1 N–H and O–H groups in total. The summed E-state index contributed by atoms with van der Waals surface area (Å²) < 4.78 is 0. The topological polar surface area (TPSA) is 20.2 Å². The summed E-state index contributed by atoms with van der Waals surface area (Å²) in [6, 6.07) is 0. The van der Waals surface area contributed by atoms with Gasteiger partial charge >= 0.3 is 0 Å². The first kappa shape index (κ1) is 9.70. The Morgan fingerprint density at radius 1 is 1.50 bits per heavy atom. The average molecular weight is 142 g/mol. The lowest BCUT2D eigenvalue weighted by atomic mass is 9.88. The fourth-order valence-electron chi connectivity index (χ4n) is 1.40. The maximum Gasteiger partial charge on any atom is 0.0319 e. The van der Waals surface area contributed by atoms with Crippen LogP contribution < -0.4 is 0 Å². The molecule has 1 saturated carbocycles. The maximum atomic E-state index is 7.00. The highest BCUT2D eigenvalue weighted by atomic mass is 16.2. The molecule has 0 heterocycles. The minimum absolute atomic E-state index is 0.913. The predicted octanol–water partition coefficient (Wildman–Crippen LogP) is 2.36. The van der Waals surface area contributed by atoms with Gasteiger partial charge in [0.1, 0.15) is 0 Å². The molecule has 0 aliphatic heterocycles. The zero-order valence-corrected chi connectivity index (χ0v) is 7.06. The van der Waals surface area contributed by atoms with Crippen LogP contribution in [0.4, 0.5) is 0 Å². The van der Waals surface area contributed by atoms with Crippen LogP contribution in [0.2, 0.25) is 0 Å². The van der Waals surface area contributed by atoms with Gasteiger partial charge in [0.25, 0.3) is 0 Å². The molecule has 0 radical (unpaired) electrons. The molecule has 0 spiro atoms. The number of rotatable bonds is 0. The molecule has 0 aromatic rings. The Morgan fingerprint density at radius 2 is 2.10 bits per heavy atom. The van der Waals surface area contributed by atoms with Crippen molar-refractivity contribution in [1.29, 1.82) is 0 Å². The highest BCUT2D eigenvalue weighted by molar-refractivity contribution is 4.98. The van der Waals surface area contributed by atoms with E-state index in [1.165, 1.54) is 31.3 Å². The smallest absolute Gasteiger partial charge is 0.0319 e. The standard InChI is InChI=1S/C8H14.CH4O/c1-7-4-3-5-8(2)6-7;1-2/h8H,1,3-6H2,2H3;2H,1H3/t8-;/m1./s1. The Labute approximate surface area is 63.8 Å². The fraction of sp³-hybridized carbons (Fsp3) is 0.778. The lowest BCUT2D eigenvalue weighted by Crippen LogP contribution is -2.02. The average Bonchev–Trinajstić information content (AvgIpc) is 1.91. The van der Waals surface area contributed by atoms with Crippen molar-refractivity contribution in [2.45, 2.75) is 32.6 Å². The first-order valence-corrected chi connectivity index (χ1v) is 3.90. The van der Waals surface area contributed by atoms with Gasteiger partial charge in [-0.25, -0.2) is 0 Å². The minimum Gasteiger partial charge on any atom is -0.400 e. The molecule has 10 heavy (non-hydrogen) atoms. The normalized spacial score (nSPS) is 25.1. The van der Waals surface area contributed by atoms with E-state index in [1.807, 2.05) is 0 Å². The molecule has 1 heteroatoms. The van der Waals surface area contributed by atoms with Gasteiger partial charge in [0.05, 0.1) is 0 Å². The first-order valence-electron chi connectivity index (χ1n) is 3.90. The van der Waals surface area contributed by atoms with Gasteiger partial charge in [0, 0.05) is 7.11 Å². The van der Waals surface area contributed by atoms with E-state index in [9.17, 15) is 0 Å². The quantitative estimate of drug-likeness (QED) is 0.515. The molecule has 0 amide bonds. The summed E-state index contributed by atoms with van der Waals surface area (Å²) in [6.07, 6.45) is 5.35. The van der Waals surface area contributed by atoms with Crippen molar-refractivity contribution < 1.29 is 5.11 Å². The lowest BCUT2D eigenvalue weighted by molar-refractivity contribution is 0.399. The molecular weight excluding hydrogens is 124 g/mol. The van der Waals surface area contributed by atoms with Crippen molar-refractivity contribution in [3.05, 3.63) is 12.2 Å². The van der Waals surface area contributed by atoms with Crippen LogP contribution in [0.3, 0.4) is 0 Å². The van der Waals surface area contributed by atoms with Crippen molar-refractivity contribution >= 4 is 0 Å². The molecule has 0 aromatic heterocycles. The lowest BCUT2D eigenvalue weighted by Gasteiger charge is -2.18. The number of aliphatic hydroxyl groups is 1. The van der Waals surface area contributed by atoms with Gasteiger partial charge in [-0.15, -0.1) is 0 Å². The summed E-state index contributed by atoms with van der Waals surface area (Å²) >= 11 is 0. The van der Waals surface area contributed by atoms with Crippen molar-refractivity contribution in [3.63, 3.8) is 0 Å². The van der Waals surface area contributed by atoms with Gasteiger partial charge in [-0.3, -0.25) is 0 Å². The third-order valence-corrected chi connectivity index (χ3v) is 1.86. The molecular formula is C9H18O. The summed E-state index contributed by atoms with van der Waals surface area (Å²) in [5.41, 5.74) is 1.46. The van der Waals surface area contributed by atoms with Crippen LogP contribution in [0.5, 0.6) is 0 Å². The van der Waals surface area contributed by atoms with Crippen molar-refractivity contribution in [1.82, 2.24) is 0 Å². The molecule has 0 aromatic carbocycles. The van der Waals surface area contributed by atoms with Gasteiger partial charge in [-0.1, -0.05) is 25.5 Å². The van der Waals surface area contributed by atoms with Crippen molar-refractivity contribution in [2.24, 2.45) is 5.92 Å². The number of aliphatic hydroxyl groups excluding tert-OH is 1. The van der Waals surface area contributed by atoms with Crippen LogP contribution in [0.1, 0.15) is 32.6 Å². The second-order valence-electron chi connectivity index (χ2n) is 2.95. The van der Waals surface area contributed by atoms with Crippen LogP contribution >= 0.6 is 0 Å².